The van der Waals surface area contributed by atoms with Crippen LogP contribution in [-0.4, -0.2) is 9.78 Å². The van der Waals surface area contributed by atoms with E-state index in [1.807, 2.05) is 0 Å². The molecule has 0 aliphatic carbocycles. The Morgan fingerprint density at radius 3 is 2.79 bits per heavy atom. The molecule has 0 saturated heterocycles. The SMILES string of the molecule is CCc1cc(CC(NN)c2cc(Br)cs2)n(CC)n1. The highest BCUT2D eigenvalue weighted by Gasteiger charge is 2.16. The van der Waals surface area contributed by atoms with Crippen molar-refractivity contribution in [2.75, 3.05) is 0 Å². The Bertz CT molecular complexity index is 534. The monoisotopic (exact) mass is 342 g/mol. The van der Waals surface area contributed by atoms with E-state index >= 15 is 0 Å². The molecule has 2 rings (SSSR count). The minimum atomic E-state index is 0.128. The van der Waals surface area contributed by atoms with E-state index in [-0.39, 0.29) is 6.04 Å². The molecule has 3 N–H and O–H groups in total. The number of aryl methyl sites for hydroxylation is 2. The lowest BCUT2D eigenvalue weighted by molar-refractivity contribution is 0.522. The van der Waals surface area contributed by atoms with Crippen LogP contribution in [0, 0.1) is 0 Å². The average Bonchev–Trinajstić information content (AvgIpc) is 3.01. The van der Waals surface area contributed by atoms with Gasteiger partial charge in [0.1, 0.15) is 0 Å². The van der Waals surface area contributed by atoms with E-state index in [9.17, 15) is 0 Å². The van der Waals surface area contributed by atoms with Crippen LogP contribution in [0.1, 0.15) is 36.2 Å². The number of hydrazine groups is 1. The molecule has 0 fully saturated rings. The van der Waals surface area contributed by atoms with Gasteiger partial charge in [0.15, 0.2) is 0 Å². The van der Waals surface area contributed by atoms with Crippen LogP contribution in [0.25, 0.3) is 0 Å². The number of nitrogens with two attached hydrogens (primary N) is 1. The third-order valence-corrected chi connectivity index (χ3v) is 4.93. The molecule has 0 bridgehead atoms. The summed E-state index contributed by atoms with van der Waals surface area (Å²) in [5.74, 6) is 5.70. The Labute approximate surface area is 126 Å². The van der Waals surface area contributed by atoms with Crippen molar-refractivity contribution in [3.05, 3.63) is 38.3 Å². The van der Waals surface area contributed by atoms with Gasteiger partial charge in [-0.1, -0.05) is 6.92 Å². The molecule has 0 aliphatic heterocycles. The Kier molecular flexibility index (Phi) is 5.15. The lowest BCUT2D eigenvalue weighted by atomic mass is 10.1. The molecule has 2 aromatic heterocycles. The first-order valence-corrected chi connectivity index (χ1v) is 8.10. The molecular formula is C13H19BrN4S. The molecule has 6 heteroatoms. The molecule has 0 aliphatic rings. The van der Waals surface area contributed by atoms with Crippen molar-refractivity contribution < 1.29 is 0 Å². The second-order valence-electron chi connectivity index (χ2n) is 4.39. The number of hydrogen-bond donors (Lipinski definition) is 2. The lowest BCUT2D eigenvalue weighted by Gasteiger charge is -2.14. The van der Waals surface area contributed by atoms with Gasteiger partial charge in [-0.15, -0.1) is 11.3 Å². The summed E-state index contributed by atoms with van der Waals surface area (Å²) < 4.78 is 3.16. The highest BCUT2D eigenvalue weighted by molar-refractivity contribution is 9.10. The van der Waals surface area contributed by atoms with Gasteiger partial charge >= 0.3 is 0 Å². The van der Waals surface area contributed by atoms with Gasteiger partial charge in [0.05, 0.1) is 11.7 Å². The third kappa shape index (κ3) is 3.45. The molecule has 0 aromatic carbocycles. The molecule has 0 amide bonds. The second kappa shape index (κ2) is 6.65. The summed E-state index contributed by atoms with van der Waals surface area (Å²) in [4.78, 5) is 1.23. The van der Waals surface area contributed by atoms with E-state index in [1.54, 1.807) is 11.3 Å². The fourth-order valence-electron chi connectivity index (χ4n) is 2.09. The van der Waals surface area contributed by atoms with E-state index < -0.39 is 0 Å². The van der Waals surface area contributed by atoms with Crippen molar-refractivity contribution in [1.29, 1.82) is 0 Å². The summed E-state index contributed by atoms with van der Waals surface area (Å²) in [6.07, 6.45) is 1.82. The van der Waals surface area contributed by atoms with Crippen molar-refractivity contribution in [3.8, 4) is 0 Å². The quantitative estimate of drug-likeness (QED) is 0.626. The molecule has 1 atom stereocenters. The number of thiophene rings is 1. The Hall–Kier alpha value is -0.690. The van der Waals surface area contributed by atoms with Crippen LogP contribution in [0.15, 0.2) is 22.0 Å². The summed E-state index contributed by atoms with van der Waals surface area (Å²) in [7, 11) is 0. The summed E-state index contributed by atoms with van der Waals surface area (Å²) in [5, 5.41) is 6.65. The Balaban J connectivity index is 2.20. The topological polar surface area (TPSA) is 55.9 Å². The first-order valence-electron chi connectivity index (χ1n) is 6.43. The summed E-state index contributed by atoms with van der Waals surface area (Å²) >= 11 is 5.19. The molecule has 4 nitrogen and oxygen atoms in total. The van der Waals surface area contributed by atoms with Gasteiger partial charge in [-0.3, -0.25) is 16.0 Å². The highest BCUT2D eigenvalue weighted by atomic mass is 79.9. The zero-order valence-electron chi connectivity index (χ0n) is 11.2. The zero-order chi connectivity index (χ0) is 13.8. The minimum Gasteiger partial charge on any atom is -0.271 e. The maximum Gasteiger partial charge on any atom is 0.0624 e. The van der Waals surface area contributed by atoms with Gasteiger partial charge < -0.3 is 0 Å². The standard InChI is InChI=1S/C13H19BrN4S/c1-3-10-6-11(18(4-2)17-10)7-12(16-15)13-5-9(14)8-19-13/h5-6,8,12,16H,3-4,7,15H2,1-2H3. The number of halogens is 1. The average molecular weight is 343 g/mol. The maximum absolute atomic E-state index is 5.70. The van der Waals surface area contributed by atoms with Crippen LogP contribution >= 0.6 is 27.3 Å². The van der Waals surface area contributed by atoms with Crippen LogP contribution < -0.4 is 11.3 Å². The van der Waals surface area contributed by atoms with Crippen LogP contribution in [0.3, 0.4) is 0 Å². The lowest BCUT2D eigenvalue weighted by Crippen LogP contribution is -2.29. The normalized spacial score (nSPS) is 12.8. The van der Waals surface area contributed by atoms with Crippen molar-refractivity contribution in [3.63, 3.8) is 0 Å². The number of aromatic nitrogens is 2. The van der Waals surface area contributed by atoms with Crippen molar-refractivity contribution in [2.24, 2.45) is 5.84 Å². The summed E-state index contributed by atoms with van der Waals surface area (Å²) in [6, 6.07) is 4.42. The van der Waals surface area contributed by atoms with E-state index in [0.717, 1.165) is 29.6 Å². The molecule has 2 aromatic rings. The zero-order valence-corrected chi connectivity index (χ0v) is 13.6. The molecule has 19 heavy (non-hydrogen) atoms. The van der Waals surface area contributed by atoms with E-state index in [2.05, 4.69) is 62.5 Å². The maximum atomic E-state index is 5.70. The van der Waals surface area contributed by atoms with Crippen LogP contribution in [0.2, 0.25) is 0 Å². The van der Waals surface area contributed by atoms with Gasteiger partial charge in [-0.25, -0.2) is 0 Å². The van der Waals surface area contributed by atoms with E-state index in [0.29, 0.717) is 0 Å². The van der Waals surface area contributed by atoms with Crippen LogP contribution in [0.5, 0.6) is 0 Å². The van der Waals surface area contributed by atoms with Crippen molar-refractivity contribution >= 4 is 27.3 Å². The Morgan fingerprint density at radius 2 is 2.26 bits per heavy atom. The molecule has 0 saturated carbocycles. The first kappa shape index (κ1) is 14.7. The van der Waals surface area contributed by atoms with Gasteiger partial charge in [-0.2, -0.15) is 5.10 Å². The number of nitrogens with one attached hydrogen (secondary N) is 1. The molecule has 0 spiro atoms. The largest absolute Gasteiger partial charge is 0.271 e. The molecule has 0 radical (unpaired) electrons. The van der Waals surface area contributed by atoms with Crippen molar-refractivity contribution in [2.45, 2.75) is 39.3 Å². The molecular weight excluding hydrogens is 324 g/mol. The smallest absolute Gasteiger partial charge is 0.0624 e. The fraction of sp³-hybridized carbons (Fsp3) is 0.462. The second-order valence-corrected chi connectivity index (χ2v) is 6.25. The van der Waals surface area contributed by atoms with E-state index in [4.69, 9.17) is 5.84 Å². The van der Waals surface area contributed by atoms with Gasteiger partial charge in [0.2, 0.25) is 0 Å². The molecule has 1 unspecified atom stereocenters. The summed E-state index contributed by atoms with van der Waals surface area (Å²) in [5.41, 5.74) is 5.27. The first-order chi connectivity index (χ1) is 9.17. The molecule has 2 heterocycles. The number of hydrogen-bond acceptors (Lipinski definition) is 4. The third-order valence-electron chi connectivity index (χ3n) is 3.12. The predicted molar refractivity (Wildman–Crippen MR) is 83.1 cm³/mol. The van der Waals surface area contributed by atoms with Crippen LogP contribution in [0.4, 0.5) is 0 Å². The van der Waals surface area contributed by atoms with Gasteiger partial charge in [0.25, 0.3) is 0 Å². The highest BCUT2D eigenvalue weighted by Crippen LogP contribution is 2.27. The molecule has 104 valence electrons. The predicted octanol–water partition coefficient (Wildman–Crippen LogP) is 3.04. The Morgan fingerprint density at radius 1 is 1.47 bits per heavy atom. The van der Waals surface area contributed by atoms with Gasteiger partial charge in [-0.05, 0) is 41.4 Å². The van der Waals surface area contributed by atoms with Gasteiger partial charge in [0, 0.05) is 33.4 Å². The minimum absolute atomic E-state index is 0.128. The number of rotatable bonds is 6. The number of nitrogens with zero attached hydrogens (tertiary/aromatic N) is 2. The van der Waals surface area contributed by atoms with E-state index in [1.165, 1.54) is 10.6 Å². The fourth-order valence-corrected chi connectivity index (χ4v) is 3.59. The van der Waals surface area contributed by atoms with Crippen molar-refractivity contribution in [1.82, 2.24) is 15.2 Å². The summed E-state index contributed by atoms with van der Waals surface area (Å²) in [6.45, 7) is 5.13. The van der Waals surface area contributed by atoms with Crippen LogP contribution in [-0.2, 0) is 19.4 Å².